The molecular formula is C10H9FN2O. The van der Waals surface area contributed by atoms with Gasteiger partial charge in [-0.3, -0.25) is 0 Å². The van der Waals surface area contributed by atoms with E-state index in [1.807, 2.05) is 0 Å². The van der Waals surface area contributed by atoms with E-state index < -0.39 is 0 Å². The van der Waals surface area contributed by atoms with Gasteiger partial charge in [0.2, 0.25) is 0 Å². The quantitative estimate of drug-likeness (QED) is 0.791. The van der Waals surface area contributed by atoms with Gasteiger partial charge in [-0.25, -0.2) is 9.37 Å². The van der Waals surface area contributed by atoms with Crippen molar-refractivity contribution in [1.82, 2.24) is 4.98 Å². The first-order valence-electron chi connectivity index (χ1n) is 4.18. The Morgan fingerprint density at radius 2 is 2.00 bits per heavy atom. The fourth-order valence-corrected chi connectivity index (χ4v) is 1.21. The Morgan fingerprint density at radius 1 is 1.29 bits per heavy atom. The summed E-state index contributed by atoms with van der Waals surface area (Å²) in [5.41, 5.74) is 6.28. The first-order chi connectivity index (χ1) is 6.74. The lowest BCUT2D eigenvalue weighted by molar-refractivity contribution is 0.534. The summed E-state index contributed by atoms with van der Waals surface area (Å²) in [6.07, 6.45) is 2.14. The highest BCUT2D eigenvalue weighted by Gasteiger charge is 2.01. The van der Waals surface area contributed by atoms with Gasteiger partial charge in [0.05, 0.1) is 6.20 Å². The van der Waals surface area contributed by atoms with E-state index in [9.17, 15) is 4.39 Å². The Hall–Kier alpha value is -1.84. The molecule has 2 N–H and O–H groups in total. The van der Waals surface area contributed by atoms with Gasteiger partial charge in [-0.2, -0.15) is 0 Å². The van der Waals surface area contributed by atoms with Gasteiger partial charge in [-0.1, -0.05) is 12.1 Å². The second-order valence-corrected chi connectivity index (χ2v) is 2.97. The van der Waals surface area contributed by atoms with E-state index in [1.54, 1.807) is 18.3 Å². The van der Waals surface area contributed by atoms with Gasteiger partial charge in [0.1, 0.15) is 11.6 Å². The molecule has 0 saturated heterocycles. The maximum Gasteiger partial charge on any atom is 0.292 e. The molecule has 0 atom stereocenters. The van der Waals surface area contributed by atoms with Crippen LogP contribution in [0, 0.1) is 5.82 Å². The van der Waals surface area contributed by atoms with Crippen molar-refractivity contribution in [1.29, 1.82) is 0 Å². The monoisotopic (exact) mass is 192 g/mol. The van der Waals surface area contributed by atoms with Gasteiger partial charge in [-0.05, 0) is 17.7 Å². The molecule has 3 nitrogen and oxygen atoms in total. The van der Waals surface area contributed by atoms with Crippen LogP contribution in [0.1, 0.15) is 11.3 Å². The molecular weight excluding hydrogens is 183 g/mol. The van der Waals surface area contributed by atoms with Crippen LogP contribution < -0.4 is 5.73 Å². The van der Waals surface area contributed by atoms with Gasteiger partial charge in [0.25, 0.3) is 6.01 Å². The lowest BCUT2D eigenvalue weighted by atomic mass is 10.1. The normalized spacial score (nSPS) is 10.4. The van der Waals surface area contributed by atoms with Gasteiger partial charge < -0.3 is 10.2 Å². The molecule has 1 aromatic carbocycles. The van der Waals surface area contributed by atoms with Crippen molar-refractivity contribution in [2.45, 2.75) is 6.42 Å². The maximum atomic E-state index is 12.6. The second kappa shape index (κ2) is 3.49. The maximum absolute atomic E-state index is 12.6. The molecule has 0 aliphatic heterocycles. The number of aromatic nitrogens is 1. The number of oxazole rings is 1. The van der Waals surface area contributed by atoms with Crippen LogP contribution in [0.15, 0.2) is 34.9 Å². The van der Waals surface area contributed by atoms with Crippen molar-refractivity contribution in [2.75, 3.05) is 5.73 Å². The number of benzene rings is 1. The summed E-state index contributed by atoms with van der Waals surface area (Å²) in [5, 5.41) is 0. The van der Waals surface area contributed by atoms with Crippen LogP contribution in [-0.2, 0) is 6.42 Å². The Morgan fingerprint density at radius 3 is 2.57 bits per heavy atom. The number of hydrogen-bond donors (Lipinski definition) is 1. The molecule has 2 aromatic rings. The van der Waals surface area contributed by atoms with Gasteiger partial charge in [0.15, 0.2) is 0 Å². The number of nitrogens with two attached hydrogens (primary N) is 1. The topological polar surface area (TPSA) is 52.0 Å². The van der Waals surface area contributed by atoms with E-state index >= 15 is 0 Å². The first kappa shape index (κ1) is 8.74. The van der Waals surface area contributed by atoms with Crippen molar-refractivity contribution >= 4 is 6.01 Å². The minimum absolute atomic E-state index is 0.155. The molecule has 0 saturated carbocycles. The lowest BCUT2D eigenvalue weighted by Crippen LogP contribution is -1.86. The largest absolute Gasteiger partial charge is 0.429 e. The molecule has 1 aromatic heterocycles. The highest BCUT2D eigenvalue weighted by Crippen LogP contribution is 2.12. The molecule has 0 aliphatic rings. The van der Waals surface area contributed by atoms with Gasteiger partial charge in [0, 0.05) is 6.42 Å². The summed E-state index contributed by atoms with van der Waals surface area (Å²) in [5.74, 6) is 0.431. The zero-order chi connectivity index (χ0) is 9.97. The minimum Gasteiger partial charge on any atom is -0.429 e. The number of hydrogen-bond acceptors (Lipinski definition) is 3. The van der Waals surface area contributed by atoms with Crippen molar-refractivity contribution in [3.63, 3.8) is 0 Å². The predicted octanol–water partition coefficient (Wildman–Crippen LogP) is 1.99. The molecule has 4 heteroatoms. The predicted molar refractivity (Wildman–Crippen MR) is 50.1 cm³/mol. The summed E-state index contributed by atoms with van der Waals surface area (Å²) < 4.78 is 17.7. The van der Waals surface area contributed by atoms with Crippen molar-refractivity contribution in [3.05, 3.63) is 47.6 Å². The summed E-state index contributed by atoms with van der Waals surface area (Å²) in [4.78, 5) is 3.77. The third-order valence-electron chi connectivity index (χ3n) is 1.86. The van der Waals surface area contributed by atoms with Gasteiger partial charge >= 0.3 is 0 Å². The Kier molecular flexibility index (Phi) is 2.18. The van der Waals surface area contributed by atoms with E-state index in [0.29, 0.717) is 12.2 Å². The zero-order valence-electron chi connectivity index (χ0n) is 7.40. The standard InChI is InChI=1S/C10H9FN2O/c11-8-3-1-7(2-4-8)5-9-6-13-10(12)14-9/h1-4,6H,5H2,(H2,12,13). The Bertz CT molecular complexity index is 422. The fourth-order valence-electron chi connectivity index (χ4n) is 1.21. The van der Waals surface area contributed by atoms with Crippen molar-refractivity contribution in [3.8, 4) is 0 Å². The average molecular weight is 192 g/mol. The highest BCUT2D eigenvalue weighted by molar-refractivity contribution is 5.22. The van der Waals surface area contributed by atoms with Crippen molar-refractivity contribution in [2.24, 2.45) is 0 Å². The molecule has 72 valence electrons. The second-order valence-electron chi connectivity index (χ2n) is 2.97. The third-order valence-corrected chi connectivity index (χ3v) is 1.86. The molecule has 0 fully saturated rings. The van der Waals surface area contributed by atoms with Crippen LogP contribution in [0.4, 0.5) is 10.4 Å². The minimum atomic E-state index is -0.245. The molecule has 0 unspecified atom stereocenters. The van der Waals surface area contributed by atoms with Crippen LogP contribution in [-0.4, -0.2) is 4.98 Å². The SMILES string of the molecule is Nc1ncc(Cc2ccc(F)cc2)o1. The molecule has 0 bridgehead atoms. The zero-order valence-corrected chi connectivity index (χ0v) is 7.40. The van der Waals surface area contributed by atoms with Crippen LogP contribution in [0.25, 0.3) is 0 Å². The first-order valence-corrected chi connectivity index (χ1v) is 4.18. The number of halogens is 1. The summed E-state index contributed by atoms with van der Waals surface area (Å²) in [6, 6.07) is 6.38. The number of rotatable bonds is 2. The lowest BCUT2D eigenvalue weighted by Gasteiger charge is -1.96. The van der Waals surface area contributed by atoms with E-state index in [-0.39, 0.29) is 11.8 Å². The third kappa shape index (κ3) is 1.90. The molecule has 14 heavy (non-hydrogen) atoms. The van der Waals surface area contributed by atoms with Crippen LogP contribution in [0.3, 0.4) is 0 Å². The van der Waals surface area contributed by atoms with E-state index in [0.717, 1.165) is 5.56 Å². The number of nitrogens with zero attached hydrogens (tertiary/aromatic N) is 1. The van der Waals surface area contributed by atoms with Crippen LogP contribution in [0.2, 0.25) is 0 Å². The molecule has 0 aliphatic carbocycles. The molecule has 2 rings (SSSR count). The summed E-state index contributed by atoms with van der Waals surface area (Å²) >= 11 is 0. The number of nitrogen functional groups attached to an aromatic ring is 1. The van der Waals surface area contributed by atoms with E-state index in [2.05, 4.69) is 4.98 Å². The Labute approximate surface area is 80.4 Å². The molecule has 0 radical (unpaired) electrons. The average Bonchev–Trinajstić information content (AvgIpc) is 2.56. The molecule has 0 amide bonds. The smallest absolute Gasteiger partial charge is 0.292 e. The summed E-state index contributed by atoms with van der Waals surface area (Å²) in [6.45, 7) is 0. The molecule has 0 spiro atoms. The summed E-state index contributed by atoms with van der Waals surface area (Å²) in [7, 11) is 0. The van der Waals surface area contributed by atoms with Crippen LogP contribution in [0.5, 0.6) is 0 Å². The van der Waals surface area contributed by atoms with E-state index in [4.69, 9.17) is 10.2 Å². The highest BCUT2D eigenvalue weighted by atomic mass is 19.1. The van der Waals surface area contributed by atoms with Gasteiger partial charge in [-0.15, -0.1) is 0 Å². The Balaban J connectivity index is 2.15. The van der Waals surface area contributed by atoms with Crippen molar-refractivity contribution < 1.29 is 8.81 Å². The van der Waals surface area contributed by atoms with E-state index in [1.165, 1.54) is 12.1 Å². The number of anilines is 1. The fraction of sp³-hybridized carbons (Fsp3) is 0.100. The van der Waals surface area contributed by atoms with Crippen LogP contribution >= 0.6 is 0 Å². The molecule has 1 heterocycles.